The van der Waals surface area contributed by atoms with Gasteiger partial charge in [-0.15, -0.1) is 0 Å². The molecule has 0 aromatic carbocycles. The highest BCUT2D eigenvalue weighted by Crippen LogP contribution is 2.29. The van der Waals surface area contributed by atoms with Gasteiger partial charge < -0.3 is 5.73 Å². The van der Waals surface area contributed by atoms with Gasteiger partial charge in [-0.1, -0.05) is 12.8 Å². The molecule has 0 saturated heterocycles. The van der Waals surface area contributed by atoms with E-state index >= 15 is 0 Å². The van der Waals surface area contributed by atoms with E-state index in [-0.39, 0.29) is 0 Å². The first kappa shape index (κ1) is 14.9. The van der Waals surface area contributed by atoms with Gasteiger partial charge in [0.1, 0.15) is 0 Å². The minimum absolute atomic E-state index is 0.408. The van der Waals surface area contributed by atoms with E-state index in [9.17, 15) is 8.42 Å². The number of nitrogens with one attached hydrogen (secondary N) is 1. The molecule has 0 aliphatic heterocycles. The number of rotatable bonds is 4. The summed E-state index contributed by atoms with van der Waals surface area (Å²) in [6.45, 7) is 6.37. The van der Waals surface area contributed by atoms with Crippen molar-refractivity contribution in [3.05, 3.63) is 0 Å². The molecule has 1 rings (SSSR count). The van der Waals surface area contributed by atoms with Crippen LogP contribution in [0.2, 0.25) is 0 Å². The fourth-order valence-electron chi connectivity index (χ4n) is 2.30. The molecule has 2 unspecified atom stereocenters. The fourth-order valence-corrected chi connectivity index (χ4v) is 3.16. The summed E-state index contributed by atoms with van der Waals surface area (Å²) in [4.78, 5) is 0. The highest BCUT2D eigenvalue weighted by Gasteiger charge is 2.31. The maximum Gasteiger partial charge on any atom is 0.216 e. The average molecular weight is 262 g/mol. The van der Waals surface area contributed by atoms with Gasteiger partial charge in [0, 0.05) is 6.54 Å². The lowest BCUT2D eigenvalue weighted by atomic mass is 9.79. The van der Waals surface area contributed by atoms with Crippen molar-refractivity contribution >= 4 is 10.0 Å². The van der Waals surface area contributed by atoms with Crippen molar-refractivity contribution < 1.29 is 8.42 Å². The van der Waals surface area contributed by atoms with Crippen LogP contribution in [0, 0.1) is 11.8 Å². The van der Waals surface area contributed by atoms with Gasteiger partial charge in [-0.25, -0.2) is 13.1 Å². The molecular formula is C12H26N2O2S. The van der Waals surface area contributed by atoms with Crippen molar-refractivity contribution in [2.45, 2.75) is 51.2 Å². The standard InChI is InChI=1S/C12H26N2O2S/c1-12(2,3)17(15,16)14-9-11-7-5-4-6-10(11)8-13/h10-11,14H,4-9,13H2,1-3H3. The number of nitrogens with two attached hydrogens (primary N) is 1. The second-order valence-corrected chi connectivity index (χ2v) is 8.52. The molecule has 3 N–H and O–H groups in total. The maximum atomic E-state index is 11.9. The number of hydrogen-bond donors (Lipinski definition) is 2. The van der Waals surface area contributed by atoms with Crippen molar-refractivity contribution in [1.29, 1.82) is 0 Å². The molecular weight excluding hydrogens is 236 g/mol. The normalized spacial score (nSPS) is 27.1. The Morgan fingerprint density at radius 2 is 1.71 bits per heavy atom. The highest BCUT2D eigenvalue weighted by atomic mass is 32.2. The lowest BCUT2D eigenvalue weighted by Gasteiger charge is -2.31. The fraction of sp³-hybridized carbons (Fsp3) is 1.00. The average Bonchev–Trinajstić information content (AvgIpc) is 2.25. The molecule has 0 radical (unpaired) electrons. The molecule has 2 atom stereocenters. The van der Waals surface area contributed by atoms with Crippen LogP contribution < -0.4 is 10.5 Å². The van der Waals surface area contributed by atoms with Crippen LogP contribution in [0.5, 0.6) is 0 Å². The quantitative estimate of drug-likeness (QED) is 0.806. The number of hydrogen-bond acceptors (Lipinski definition) is 3. The second kappa shape index (κ2) is 5.67. The van der Waals surface area contributed by atoms with Crippen LogP contribution in [0.1, 0.15) is 46.5 Å². The van der Waals surface area contributed by atoms with E-state index in [4.69, 9.17) is 5.73 Å². The molecule has 1 aliphatic carbocycles. The largest absolute Gasteiger partial charge is 0.330 e. The smallest absolute Gasteiger partial charge is 0.216 e. The minimum Gasteiger partial charge on any atom is -0.330 e. The van der Waals surface area contributed by atoms with E-state index < -0.39 is 14.8 Å². The Hall–Kier alpha value is -0.130. The first-order valence-electron chi connectivity index (χ1n) is 6.47. The maximum absolute atomic E-state index is 11.9. The lowest BCUT2D eigenvalue weighted by molar-refractivity contribution is 0.244. The van der Waals surface area contributed by atoms with Gasteiger partial charge in [-0.2, -0.15) is 0 Å². The molecule has 0 heterocycles. The van der Waals surface area contributed by atoms with Crippen molar-refractivity contribution in [2.24, 2.45) is 17.6 Å². The van der Waals surface area contributed by atoms with E-state index in [0.717, 1.165) is 12.8 Å². The van der Waals surface area contributed by atoms with Crippen molar-refractivity contribution in [3.8, 4) is 0 Å². The molecule has 0 spiro atoms. The third-order valence-electron chi connectivity index (χ3n) is 3.71. The van der Waals surface area contributed by atoms with E-state index in [2.05, 4.69) is 4.72 Å². The van der Waals surface area contributed by atoms with Crippen LogP contribution in [-0.2, 0) is 10.0 Å². The van der Waals surface area contributed by atoms with Crippen LogP contribution in [0.25, 0.3) is 0 Å². The van der Waals surface area contributed by atoms with Crippen LogP contribution in [0.4, 0.5) is 0 Å². The molecule has 1 saturated carbocycles. The van der Waals surface area contributed by atoms with Gasteiger partial charge in [0.2, 0.25) is 10.0 Å². The second-order valence-electron chi connectivity index (χ2n) is 6.00. The van der Waals surface area contributed by atoms with Gasteiger partial charge in [0.25, 0.3) is 0 Å². The summed E-state index contributed by atoms with van der Waals surface area (Å²) < 4.78 is 25.9. The van der Waals surface area contributed by atoms with Crippen molar-refractivity contribution in [2.75, 3.05) is 13.1 Å². The lowest BCUT2D eigenvalue weighted by Crippen LogP contribution is -2.43. The minimum atomic E-state index is -3.22. The Labute approximate surface area is 105 Å². The Balaban J connectivity index is 2.55. The third-order valence-corrected chi connectivity index (χ3v) is 5.87. The van der Waals surface area contributed by atoms with E-state index in [1.807, 2.05) is 0 Å². The van der Waals surface area contributed by atoms with Gasteiger partial charge in [0.05, 0.1) is 4.75 Å². The highest BCUT2D eigenvalue weighted by molar-refractivity contribution is 7.90. The topological polar surface area (TPSA) is 72.2 Å². The molecule has 5 heteroatoms. The molecule has 102 valence electrons. The van der Waals surface area contributed by atoms with Gasteiger partial charge in [-0.3, -0.25) is 0 Å². The predicted octanol–water partition coefficient (Wildman–Crippen LogP) is 1.47. The van der Waals surface area contributed by atoms with Crippen molar-refractivity contribution in [3.63, 3.8) is 0 Å². The molecule has 0 bridgehead atoms. The van der Waals surface area contributed by atoms with Gasteiger partial charge >= 0.3 is 0 Å². The van der Waals surface area contributed by atoms with Crippen LogP contribution in [0.3, 0.4) is 0 Å². The number of sulfonamides is 1. The van der Waals surface area contributed by atoms with E-state index in [1.165, 1.54) is 12.8 Å². The SMILES string of the molecule is CC(C)(C)S(=O)(=O)NCC1CCCCC1CN. The van der Waals surface area contributed by atoms with Crippen molar-refractivity contribution in [1.82, 2.24) is 4.72 Å². The third kappa shape index (κ3) is 3.93. The monoisotopic (exact) mass is 262 g/mol. The van der Waals surface area contributed by atoms with Crippen LogP contribution in [0.15, 0.2) is 0 Å². The molecule has 0 amide bonds. The summed E-state index contributed by atoms with van der Waals surface area (Å²) in [5, 5.41) is 0. The zero-order valence-electron chi connectivity index (χ0n) is 11.2. The summed E-state index contributed by atoms with van der Waals surface area (Å²) in [6.07, 6.45) is 4.65. The zero-order valence-corrected chi connectivity index (χ0v) is 12.0. The molecule has 0 aromatic rings. The summed E-state index contributed by atoms with van der Waals surface area (Å²) in [6, 6.07) is 0. The molecule has 4 nitrogen and oxygen atoms in total. The van der Waals surface area contributed by atoms with E-state index in [0.29, 0.717) is 24.9 Å². The summed E-state index contributed by atoms with van der Waals surface area (Å²) in [7, 11) is -3.22. The molecule has 1 fully saturated rings. The molecule has 17 heavy (non-hydrogen) atoms. The Bertz CT molecular complexity index is 333. The van der Waals surface area contributed by atoms with E-state index in [1.54, 1.807) is 20.8 Å². The van der Waals surface area contributed by atoms with Gasteiger partial charge in [0.15, 0.2) is 0 Å². The Kier molecular flexibility index (Phi) is 4.98. The predicted molar refractivity (Wildman–Crippen MR) is 71.2 cm³/mol. The first-order valence-corrected chi connectivity index (χ1v) is 7.95. The Morgan fingerprint density at radius 1 is 1.18 bits per heavy atom. The molecule has 0 aromatic heterocycles. The van der Waals surface area contributed by atoms with Crippen LogP contribution in [-0.4, -0.2) is 26.3 Å². The first-order chi connectivity index (χ1) is 7.78. The summed E-state index contributed by atoms with van der Waals surface area (Å²) in [5.74, 6) is 0.886. The van der Waals surface area contributed by atoms with Gasteiger partial charge in [-0.05, 0) is 52.0 Å². The molecule has 1 aliphatic rings. The zero-order chi connectivity index (χ0) is 13.1. The summed E-state index contributed by atoms with van der Waals surface area (Å²) >= 11 is 0. The summed E-state index contributed by atoms with van der Waals surface area (Å²) in [5.41, 5.74) is 5.74. The Morgan fingerprint density at radius 3 is 2.18 bits per heavy atom. The van der Waals surface area contributed by atoms with Crippen LogP contribution >= 0.6 is 0 Å².